The van der Waals surface area contributed by atoms with Crippen LogP contribution in [0.5, 0.6) is 5.75 Å². The number of likely N-dealkylation sites (N-methyl/N-ethyl adjacent to an activating group) is 1. The summed E-state index contributed by atoms with van der Waals surface area (Å²) in [6.45, 7) is 4.29. The van der Waals surface area contributed by atoms with Crippen molar-refractivity contribution in [3.63, 3.8) is 0 Å². The van der Waals surface area contributed by atoms with Gasteiger partial charge < -0.3 is 9.42 Å². The van der Waals surface area contributed by atoms with E-state index in [1.807, 2.05) is 97.8 Å². The van der Waals surface area contributed by atoms with Gasteiger partial charge in [0.25, 0.3) is 10.0 Å². The number of para-hydroxylation sites is 1. The van der Waals surface area contributed by atoms with E-state index in [-0.39, 0.29) is 4.90 Å². The third-order valence-corrected chi connectivity index (χ3v) is 12.7. The van der Waals surface area contributed by atoms with Crippen LogP contribution < -0.4 is 14.7 Å². The van der Waals surface area contributed by atoms with Gasteiger partial charge in [-0.2, -0.15) is 8.42 Å². The van der Waals surface area contributed by atoms with Gasteiger partial charge in [-0.3, -0.25) is 0 Å². The Morgan fingerprint density at radius 2 is 1.45 bits per heavy atom. The zero-order valence-electron chi connectivity index (χ0n) is 23.5. The van der Waals surface area contributed by atoms with Gasteiger partial charge >= 0.3 is 0 Å². The van der Waals surface area contributed by atoms with E-state index in [1.54, 1.807) is 12.1 Å². The minimum atomic E-state index is -4.18. The summed E-state index contributed by atoms with van der Waals surface area (Å²) in [5, 5.41) is 3.17. The monoisotopic (exact) mass is 612 g/mol. The van der Waals surface area contributed by atoms with Crippen LogP contribution in [0, 0.1) is 0 Å². The zero-order valence-corrected chi connectivity index (χ0v) is 25.9. The molecule has 0 N–H and O–H groups in total. The molecule has 0 radical (unpaired) electrons. The standard InChI is InChI=1S/C34H30ClN2O3PS/c1-34(2)31-15-9-10-16-32(31)37(3)33(34)24-41(29-13-5-4-6-14-29,36-42(38,39)30-21-18-27(35)19-22-30)40-28-20-17-25-11-7-8-12-26(25)23-28/h4-24H,1-3H3/b33-24+/t41-/m0/s1. The van der Waals surface area contributed by atoms with Crippen LogP contribution in [0.4, 0.5) is 5.69 Å². The molecule has 0 saturated carbocycles. The number of nitrogens with zero attached hydrogens (tertiary/aromatic N) is 2. The number of allylic oxidation sites excluding steroid dienone is 1. The van der Waals surface area contributed by atoms with Gasteiger partial charge in [-0.1, -0.05) is 92.2 Å². The first-order valence-corrected chi connectivity index (χ1v) is 17.1. The van der Waals surface area contributed by atoms with Crippen molar-refractivity contribution in [2.24, 2.45) is 4.15 Å². The Bertz CT molecular complexity index is 1990. The second-order valence-corrected chi connectivity index (χ2v) is 15.5. The fourth-order valence-electron chi connectivity index (χ4n) is 5.48. The Labute approximate surface area is 252 Å². The second kappa shape index (κ2) is 10.8. The third kappa shape index (κ3) is 5.15. The third-order valence-electron chi connectivity index (χ3n) is 7.67. The van der Waals surface area contributed by atoms with E-state index < -0.39 is 22.7 Å². The first-order chi connectivity index (χ1) is 20.1. The lowest BCUT2D eigenvalue weighted by Gasteiger charge is -2.29. The van der Waals surface area contributed by atoms with E-state index in [0.717, 1.165) is 27.7 Å². The van der Waals surface area contributed by atoms with Crippen LogP contribution in [0.1, 0.15) is 19.4 Å². The van der Waals surface area contributed by atoms with E-state index in [2.05, 4.69) is 30.9 Å². The molecule has 0 fully saturated rings. The molecule has 8 heteroatoms. The molecule has 5 nitrogen and oxygen atoms in total. The normalized spacial score (nSPS) is 16.7. The first-order valence-electron chi connectivity index (χ1n) is 13.5. The van der Waals surface area contributed by atoms with Crippen molar-refractivity contribution in [1.82, 2.24) is 0 Å². The van der Waals surface area contributed by atoms with Crippen molar-refractivity contribution < 1.29 is 12.9 Å². The molecule has 1 atom stereocenters. The molecule has 0 bridgehead atoms. The predicted octanol–water partition coefficient (Wildman–Crippen LogP) is 8.97. The van der Waals surface area contributed by atoms with Gasteiger partial charge in [0.05, 0.1) is 4.90 Å². The Balaban J connectivity index is 1.66. The van der Waals surface area contributed by atoms with Crippen LogP contribution in [0.25, 0.3) is 10.8 Å². The van der Waals surface area contributed by atoms with E-state index in [9.17, 15) is 8.42 Å². The highest BCUT2D eigenvalue weighted by Crippen LogP contribution is 2.58. The molecule has 0 saturated heterocycles. The number of anilines is 1. The van der Waals surface area contributed by atoms with Crippen molar-refractivity contribution in [2.45, 2.75) is 24.2 Å². The summed E-state index contributed by atoms with van der Waals surface area (Å²) in [7, 11) is -5.62. The number of hydrogen-bond acceptors (Lipinski definition) is 4. The number of halogens is 1. The average molecular weight is 613 g/mol. The van der Waals surface area contributed by atoms with Crippen molar-refractivity contribution in [3.8, 4) is 5.75 Å². The van der Waals surface area contributed by atoms with Gasteiger partial charge in [-0.25, -0.2) is 0 Å². The molecule has 0 aliphatic carbocycles. The molecule has 6 rings (SSSR count). The molecular formula is C34H30ClN2O3PS. The van der Waals surface area contributed by atoms with Gasteiger partial charge in [-0.05, 0) is 70.9 Å². The summed E-state index contributed by atoms with van der Waals surface area (Å²) >= 11 is 6.09. The van der Waals surface area contributed by atoms with E-state index in [1.165, 1.54) is 12.1 Å². The fraction of sp³-hybridized carbons (Fsp3) is 0.118. The smallest absolute Gasteiger partial charge is 0.284 e. The second-order valence-electron chi connectivity index (χ2n) is 10.8. The van der Waals surface area contributed by atoms with Crippen molar-refractivity contribution >= 4 is 50.7 Å². The molecule has 5 aromatic carbocycles. The summed E-state index contributed by atoms with van der Waals surface area (Å²) in [5.74, 6) is 2.50. The summed E-state index contributed by atoms with van der Waals surface area (Å²) in [5.41, 5.74) is 2.69. The van der Waals surface area contributed by atoms with Crippen LogP contribution in [0.2, 0.25) is 5.02 Å². The van der Waals surface area contributed by atoms with Crippen molar-refractivity contribution in [1.29, 1.82) is 0 Å². The van der Waals surface area contributed by atoms with Crippen molar-refractivity contribution in [2.75, 3.05) is 11.9 Å². The van der Waals surface area contributed by atoms with Gasteiger partial charge in [0.15, 0.2) is 0 Å². The summed E-state index contributed by atoms with van der Waals surface area (Å²) in [4.78, 5) is 2.16. The molecule has 42 heavy (non-hydrogen) atoms. The molecule has 0 unspecified atom stereocenters. The summed E-state index contributed by atoms with van der Waals surface area (Å²) in [6.07, 6.45) is 0. The SMILES string of the molecule is CN1/C(=C/[P@](=NS(=O)(=O)c2ccc(Cl)cc2)(Oc2ccc3ccccc3c2)c2ccccc2)C(C)(C)c2ccccc21. The van der Waals surface area contributed by atoms with Crippen LogP contribution in [0.15, 0.2) is 142 Å². The highest BCUT2D eigenvalue weighted by molar-refractivity contribution is 7.95. The number of sulfonamides is 1. The summed E-state index contributed by atoms with van der Waals surface area (Å²) < 4.78 is 39.8. The Morgan fingerprint density at radius 1 is 0.810 bits per heavy atom. The Kier molecular flexibility index (Phi) is 7.26. The van der Waals surface area contributed by atoms with Gasteiger partial charge in [0.1, 0.15) is 5.75 Å². The highest BCUT2D eigenvalue weighted by Gasteiger charge is 2.41. The highest BCUT2D eigenvalue weighted by atomic mass is 35.5. The maximum Gasteiger partial charge on any atom is 0.284 e. The quantitative estimate of drug-likeness (QED) is 0.180. The molecule has 0 aromatic heterocycles. The first kappa shape index (κ1) is 28.3. The maximum atomic E-state index is 14.1. The van der Waals surface area contributed by atoms with Crippen LogP contribution in [0.3, 0.4) is 0 Å². The molecule has 1 heterocycles. The summed E-state index contributed by atoms with van der Waals surface area (Å²) in [6, 6.07) is 37.5. The molecular weight excluding hydrogens is 583 g/mol. The van der Waals surface area contributed by atoms with E-state index in [4.69, 9.17) is 20.3 Å². The molecule has 5 aromatic rings. The van der Waals surface area contributed by atoms with Gasteiger partial charge in [0.2, 0.25) is 7.28 Å². The van der Waals surface area contributed by atoms with Gasteiger partial charge in [0, 0.05) is 40.0 Å². The van der Waals surface area contributed by atoms with E-state index >= 15 is 0 Å². The van der Waals surface area contributed by atoms with Gasteiger partial charge in [-0.15, -0.1) is 4.15 Å². The molecule has 0 amide bonds. The van der Waals surface area contributed by atoms with E-state index in [0.29, 0.717) is 16.1 Å². The largest absolute Gasteiger partial charge is 0.451 e. The zero-order chi connectivity index (χ0) is 29.5. The maximum absolute atomic E-state index is 14.1. The predicted molar refractivity (Wildman–Crippen MR) is 175 cm³/mol. The van der Waals surface area contributed by atoms with Crippen LogP contribution in [-0.2, 0) is 15.4 Å². The molecule has 0 spiro atoms. The lowest BCUT2D eigenvalue weighted by Crippen LogP contribution is -2.24. The average Bonchev–Trinajstić information content (AvgIpc) is 3.18. The van der Waals surface area contributed by atoms with Crippen LogP contribution >= 0.6 is 18.9 Å². The minimum absolute atomic E-state index is 0.0510. The topological polar surface area (TPSA) is 59.0 Å². The Morgan fingerprint density at radius 3 is 2.17 bits per heavy atom. The fourth-order valence-corrected chi connectivity index (χ4v) is 10.6. The number of fused-ring (bicyclic) bond motifs is 2. The van der Waals surface area contributed by atoms with Crippen LogP contribution in [-0.4, -0.2) is 15.5 Å². The van der Waals surface area contributed by atoms with Crippen molar-refractivity contribution in [3.05, 3.63) is 143 Å². The lowest BCUT2D eigenvalue weighted by atomic mass is 9.84. The number of rotatable bonds is 6. The number of benzene rings is 5. The number of hydrogen-bond donors (Lipinski definition) is 0. The lowest BCUT2D eigenvalue weighted by molar-refractivity contribution is 0.594. The molecule has 212 valence electrons. The molecule has 1 aliphatic heterocycles. The molecule has 1 aliphatic rings. The minimum Gasteiger partial charge on any atom is -0.451 e. The Hall–Kier alpha value is -3.83.